The molecule has 0 aliphatic carbocycles. The lowest BCUT2D eigenvalue weighted by atomic mass is 10.1. The Morgan fingerprint density at radius 2 is 2.29 bits per heavy atom. The maximum Gasteiger partial charge on any atom is 0.149 e. The molecule has 2 aliphatic rings. The van der Waals surface area contributed by atoms with Gasteiger partial charge in [-0.1, -0.05) is 12.1 Å². The van der Waals surface area contributed by atoms with Crippen LogP contribution in [0.2, 0.25) is 0 Å². The number of nitrogens with two attached hydrogens (primary N) is 1. The van der Waals surface area contributed by atoms with E-state index in [4.69, 9.17) is 11.0 Å². The van der Waals surface area contributed by atoms with Gasteiger partial charge in [-0.05, 0) is 18.2 Å². The molecule has 6 nitrogen and oxygen atoms in total. The van der Waals surface area contributed by atoms with Crippen molar-refractivity contribution in [2.24, 2.45) is 10.7 Å². The van der Waals surface area contributed by atoms with Gasteiger partial charge >= 0.3 is 0 Å². The van der Waals surface area contributed by atoms with E-state index < -0.39 is 0 Å². The van der Waals surface area contributed by atoms with Crippen LogP contribution in [0.3, 0.4) is 0 Å². The van der Waals surface area contributed by atoms with Gasteiger partial charge in [0.1, 0.15) is 5.84 Å². The number of rotatable bonds is 2. The fourth-order valence-corrected chi connectivity index (χ4v) is 2.76. The van der Waals surface area contributed by atoms with E-state index in [1.807, 2.05) is 18.3 Å². The molecule has 2 aliphatic heterocycles. The molecule has 0 aromatic heterocycles. The van der Waals surface area contributed by atoms with Gasteiger partial charge in [-0.25, -0.2) is 4.99 Å². The number of benzene rings is 1. The van der Waals surface area contributed by atoms with Crippen LogP contribution < -0.4 is 5.73 Å². The van der Waals surface area contributed by atoms with Gasteiger partial charge < -0.3 is 10.8 Å². The Balaban J connectivity index is 2.01. The molecule has 0 amide bonds. The van der Waals surface area contributed by atoms with Crippen molar-refractivity contribution in [1.29, 1.82) is 5.26 Å². The van der Waals surface area contributed by atoms with Gasteiger partial charge in [0.2, 0.25) is 0 Å². The Morgan fingerprint density at radius 3 is 3.00 bits per heavy atom. The van der Waals surface area contributed by atoms with E-state index in [9.17, 15) is 5.11 Å². The molecule has 3 N–H and O–H groups in total. The summed E-state index contributed by atoms with van der Waals surface area (Å²) < 4.78 is 1.71. The minimum atomic E-state index is -0.199. The Morgan fingerprint density at radius 1 is 1.48 bits per heavy atom. The van der Waals surface area contributed by atoms with E-state index in [0.717, 1.165) is 11.3 Å². The molecular formula is C14H12BrN5O. The number of nitrogens with zero attached hydrogens (tertiary/aromatic N) is 4. The van der Waals surface area contributed by atoms with Crippen LogP contribution in [-0.2, 0) is 0 Å². The van der Waals surface area contributed by atoms with Crippen molar-refractivity contribution in [2.45, 2.75) is 6.04 Å². The van der Waals surface area contributed by atoms with Crippen LogP contribution in [0.15, 0.2) is 47.2 Å². The van der Waals surface area contributed by atoms with Crippen LogP contribution in [0.5, 0.6) is 0 Å². The third-order valence-corrected chi connectivity index (χ3v) is 4.17. The van der Waals surface area contributed by atoms with Gasteiger partial charge in [-0.2, -0.15) is 5.26 Å². The topological polar surface area (TPSA) is 88.9 Å². The van der Waals surface area contributed by atoms with Gasteiger partial charge in [0.05, 0.1) is 35.7 Å². The number of hydrogen-bond donors (Lipinski definition) is 2. The zero-order valence-electron chi connectivity index (χ0n) is 10.9. The van der Waals surface area contributed by atoms with Crippen molar-refractivity contribution in [2.75, 3.05) is 6.61 Å². The van der Waals surface area contributed by atoms with Crippen molar-refractivity contribution >= 4 is 27.7 Å². The first-order chi connectivity index (χ1) is 10.1. The number of fused-ring (bicyclic) bond motifs is 1. The fourth-order valence-electron chi connectivity index (χ4n) is 2.25. The van der Waals surface area contributed by atoms with E-state index in [0.29, 0.717) is 17.1 Å². The van der Waals surface area contributed by atoms with E-state index in [1.165, 1.54) is 0 Å². The van der Waals surface area contributed by atoms with E-state index in [2.05, 4.69) is 27.2 Å². The van der Waals surface area contributed by atoms with Crippen LogP contribution in [0, 0.1) is 11.3 Å². The second kappa shape index (κ2) is 5.33. The normalized spacial score (nSPS) is 21.3. The molecule has 3 rings (SSSR count). The first-order valence-corrected chi connectivity index (χ1v) is 6.98. The lowest BCUT2D eigenvalue weighted by molar-refractivity contribution is 0.145. The Kier molecular flexibility index (Phi) is 3.51. The molecule has 106 valence electrons. The highest BCUT2D eigenvalue weighted by Gasteiger charge is 2.33. The zero-order valence-corrected chi connectivity index (χ0v) is 12.5. The van der Waals surface area contributed by atoms with Gasteiger partial charge in [-0.15, -0.1) is 4.03 Å². The summed E-state index contributed by atoms with van der Waals surface area (Å²) in [5.41, 5.74) is 8.76. The molecule has 0 saturated carbocycles. The van der Waals surface area contributed by atoms with Crippen LogP contribution >= 0.6 is 16.1 Å². The number of aliphatic hydroxyl groups excluding tert-OH is 1. The number of nitriles is 1. The van der Waals surface area contributed by atoms with Crippen molar-refractivity contribution in [3.8, 4) is 6.07 Å². The molecule has 0 spiro atoms. The Labute approximate surface area is 130 Å². The molecule has 0 fully saturated rings. The predicted octanol–water partition coefficient (Wildman–Crippen LogP) is 1.31. The second-order valence-corrected chi connectivity index (χ2v) is 5.37. The standard InChI is InChI=1S/C14H12BrN5O/c15-20-11(8-21)5-13-14(17)18-12(7-19(13)20)10-3-1-2-9(4-10)6-16/h1-5,7,11,21H,8H2,(H2,17,18). The number of halogens is 1. The second-order valence-electron chi connectivity index (χ2n) is 4.64. The highest BCUT2D eigenvalue weighted by atomic mass is 79.9. The number of aliphatic hydroxyl groups is 1. The summed E-state index contributed by atoms with van der Waals surface area (Å²) in [6, 6.07) is 9.08. The summed E-state index contributed by atoms with van der Waals surface area (Å²) >= 11 is 3.40. The smallest absolute Gasteiger partial charge is 0.149 e. The van der Waals surface area contributed by atoms with Crippen molar-refractivity contribution < 1.29 is 5.11 Å². The first-order valence-electron chi connectivity index (χ1n) is 6.28. The molecule has 0 bridgehead atoms. The minimum Gasteiger partial charge on any atom is -0.394 e. The van der Waals surface area contributed by atoms with Gasteiger partial charge in [0.15, 0.2) is 0 Å². The van der Waals surface area contributed by atoms with Crippen LogP contribution in [0.4, 0.5) is 0 Å². The average Bonchev–Trinajstić information content (AvgIpc) is 2.84. The van der Waals surface area contributed by atoms with Crippen LogP contribution in [0.1, 0.15) is 11.1 Å². The lowest BCUT2D eigenvalue weighted by Gasteiger charge is -2.29. The molecule has 0 saturated heterocycles. The van der Waals surface area contributed by atoms with Crippen LogP contribution in [-0.4, -0.2) is 32.6 Å². The third-order valence-electron chi connectivity index (χ3n) is 3.30. The molecule has 1 aromatic carbocycles. The van der Waals surface area contributed by atoms with Crippen molar-refractivity contribution in [3.63, 3.8) is 0 Å². The van der Waals surface area contributed by atoms with Gasteiger partial charge in [0.25, 0.3) is 0 Å². The summed E-state index contributed by atoms with van der Waals surface area (Å²) in [5, 5.41) is 20.1. The van der Waals surface area contributed by atoms with E-state index in [-0.39, 0.29) is 12.6 Å². The number of hydrazine groups is 1. The van der Waals surface area contributed by atoms with Gasteiger partial charge in [-0.3, -0.25) is 5.01 Å². The SMILES string of the molecule is N#Cc1cccc(C2=CN3C(=CC(CO)N3Br)C(N)=N2)c1. The first kappa shape index (κ1) is 13.8. The Bertz CT molecular complexity index is 718. The summed E-state index contributed by atoms with van der Waals surface area (Å²) in [6.07, 6.45) is 3.65. The van der Waals surface area contributed by atoms with E-state index >= 15 is 0 Å². The number of hydrogen-bond acceptors (Lipinski definition) is 6. The summed E-state index contributed by atoms with van der Waals surface area (Å²) in [6.45, 7) is -0.0361. The van der Waals surface area contributed by atoms with Crippen LogP contribution in [0.25, 0.3) is 5.70 Å². The minimum absolute atomic E-state index is 0.0361. The molecule has 1 aromatic rings. The fraction of sp³-hybridized carbons (Fsp3) is 0.143. The molecule has 0 radical (unpaired) electrons. The summed E-state index contributed by atoms with van der Waals surface area (Å²) in [7, 11) is 0. The third kappa shape index (κ3) is 2.34. The quantitative estimate of drug-likeness (QED) is 0.789. The maximum atomic E-state index is 9.34. The van der Waals surface area contributed by atoms with E-state index in [1.54, 1.807) is 27.2 Å². The molecule has 1 atom stereocenters. The largest absolute Gasteiger partial charge is 0.394 e. The maximum absolute atomic E-state index is 9.34. The summed E-state index contributed by atoms with van der Waals surface area (Å²) in [4.78, 5) is 4.38. The lowest BCUT2D eigenvalue weighted by Crippen LogP contribution is -2.37. The number of aliphatic imine (C=N–C) groups is 1. The molecule has 7 heteroatoms. The van der Waals surface area contributed by atoms with Crippen molar-refractivity contribution in [1.82, 2.24) is 9.04 Å². The van der Waals surface area contributed by atoms with Crippen molar-refractivity contribution in [3.05, 3.63) is 53.4 Å². The molecule has 1 unspecified atom stereocenters. The zero-order chi connectivity index (χ0) is 15.0. The highest BCUT2D eigenvalue weighted by molar-refractivity contribution is 9.07. The Hall–Kier alpha value is -2.14. The number of amidine groups is 1. The predicted molar refractivity (Wildman–Crippen MR) is 82.3 cm³/mol. The summed E-state index contributed by atoms with van der Waals surface area (Å²) in [5.74, 6) is 0.371. The molecule has 2 heterocycles. The monoisotopic (exact) mass is 345 g/mol. The molecule has 21 heavy (non-hydrogen) atoms. The van der Waals surface area contributed by atoms with Gasteiger partial charge in [0, 0.05) is 27.9 Å². The average molecular weight is 346 g/mol. The molecular weight excluding hydrogens is 334 g/mol. The highest BCUT2D eigenvalue weighted by Crippen LogP contribution is 2.32.